The molecule has 10 heteroatoms. The molecule has 3 rings (SSSR count). The van der Waals surface area contributed by atoms with Crippen LogP contribution in [0.1, 0.15) is 21.6 Å². The predicted molar refractivity (Wildman–Crippen MR) is 90.4 cm³/mol. The van der Waals surface area contributed by atoms with E-state index in [2.05, 4.69) is 20.5 Å². The molecule has 3 aromatic rings. The molecule has 0 aliphatic carbocycles. The number of aromatic nitrogens is 3. The van der Waals surface area contributed by atoms with Gasteiger partial charge in [0.05, 0.1) is 18.1 Å². The lowest BCUT2D eigenvalue weighted by Crippen LogP contribution is -2.16. The van der Waals surface area contributed by atoms with Crippen LogP contribution in [-0.4, -0.2) is 21.1 Å². The molecule has 0 bridgehead atoms. The maximum Gasteiger partial charge on any atom is 0.433 e. The van der Waals surface area contributed by atoms with Crippen molar-refractivity contribution >= 4 is 11.6 Å². The quantitative estimate of drug-likeness (QED) is 0.667. The maximum atomic E-state index is 13.3. The van der Waals surface area contributed by atoms with E-state index in [1.54, 1.807) is 0 Å². The average Bonchev–Trinajstić information content (AvgIpc) is 2.64. The number of hydrogen-bond acceptors (Lipinski definition) is 5. The normalized spacial score (nSPS) is 11.2. The van der Waals surface area contributed by atoms with Gasteiger partial charge in [0.25, 0.3) is 5.91 Å². The second-order valence-corrected chi connectivity index (χ2v) is 5.66. The molecule has 1 amide bonds. The molecule has 0 spiro atoms. The molecule has 0 unspecified atom stereocenters. The van der Waals surface area contributed by atoms with Gasteiger partial charge in [0, 0.05) is 12.3 Å². The van der Waals surface area contributed by atoms with Gasteiger partial charge in [0.15, 0.2) is 0 Å². The molecule has 1 aromatic carbocycles. The summed E-state index contributed by atoms with van der Waals surface area (Å²) in [5.74, 6) is -1.57. The Labute approximate surface area is 156 Å². The topological polar surface area (TPSA) is 77.0 Å². The summed E-state index contributed by atoms with van der Waals surface area (Å²) in [5, 5.41) is 9.62. The highest BCUT2D eigenvalue weighted by Crippen LogP contribution is 2.34. The van der Waals surface area contributed by atoms with E-state index >= 15 is 0 Å². The van der Waals surface area contributed by atoms with Crippen molar-refractivity contribution < 1.29 is 27.1 Å². The number of rotatable bonds is 4. The summed E-state index contributed by atoms with van der Waals surface area (Å²) >= 11 is 0. The van der Waals surface area contributed by atoms with Crippen LogP contribution in [0.5, 0.6) is 11.5 Å². The first-order chi connectivity index (χ1) is 13.2. The first kappa shape index (κ1) is 19.2. The maximum absolute atomic E-state index is 13.3. The van der Waals surface area contributed by atoms with Crippen LogP contribution in [0.2, 0.25) is 0 Å². The van der Waals surface area contributed by atoms with Crippen molar-refractivity contribution in [2.45, 2.75) is 13.1 Å². The van der Waals surface area contributed by atoms with E-state index < -0.39 is 23.6 Å². The van der Waals surface area contributed by atoms with Crippen molar-refractivity contribution in [1.82, 2.24) is 15.2 Å². The Kier molecular flexibility index (Phi) is 5.21. The van der Waals surface area contributed by atoms with Gasteiger partial charge in [-0.2, -0.15) is 23.4 Å². The van der Waals surface area contributed by atoms with Crippen LogP contribution in [0.4, 0.5) is 23.2 Å². The fourth-order valence-electron chi connectivity index (χ4n) is 2.26. The van der Waals surface area contributed by atoms with E-state index in [0.29, 0.717) is 11.6 Å². The Morgan fingerprint density at radius 2 is 1.86 bits per heavy atom. The predicted octanol–water partition coefficient (Wildman–Crippen LogP) is 4.38. The van der Waals surface area contributed by atoms with Crippen molar-refractivity contribution in [3.63, 3.8) is 0 Å². The number of amides is 1. The van der Waals surface area contributed by atoms with Crippen molar-refractivity contribution in [3.05, 3.63) is 71.6 Å². The molecule has 0 fully saturated rings. The molecular formula is C18H12F4N4O2. The van der Waals surface area contributed by atoms with Gasteiger partial charge < -0.3 is 10.1 Å². The number of carbonyl (C=O) groups is 1. The van der Waals surface area contributed by atoms with Gasteiger partial charge in [-0.05, 0) is 36.8 Å². The third-order valence-corrected chi connectivity index (χ3v) is 3.60. The van der Waals surface area contributed by atoms with Gasteiger partial charge in [0.2, 0.25) is 0 Å². The molecule has 6 nitrogen and oxygen atoms in total. The number of ether oxygens (including phenoxy) is 1. The second kappa shape index (κ2) is 7.59. The third kappa shape index (κ3) is 4.40. The largest absolute Gasteiger partial charge is 0.456 e. The number of benzene rings is 1. The summed E-state index contributed by atoms with van der Waals surface area (Å²) in [6, 6.07) is 5.57. The van der Waals surface area contributed by atoms with Crippen LogP contribution in [0.3, 0.4) is 0 Å². The lowest BCUT2D eigenvalue weighted by atomic mass is 10.2. The van der Waals surface area contributed by atoms with Crippen LogP contribution in [0.15, 0.2) is 48.9 Å². The van der Waals surface area contributed by atoms with Gasteiger partial charge in [0.1, 0.15) is 28.6 Å². The van der Waals surface area contributed by atoms with E-state index in [1.165, 1.54) is 31.5 Å². The minimum absolute atomic E-state index is 0.0975. The zero-order chi connectivity index (χ0) is 20.3. The fourth-order valence-corrected chi connectivity index (χ4v) is 2.26. The number of halogens is 4. The van der Waals surface area contributed by atoms with Gasteiger partial charge in [-0.15, -0.1) is 0 Å². The Morgan fingerprint density at radius 1 is 1.07 bits per heavy atom. The standard InChI is InChI=1S/C18H12F4N4O2/c1-10-6-11(19)2-3-14(10)28-15-7-16(18(20,21)22)23-9-13(15)17(27)26-12-4-5-24-25-8-12/h2-9H,1H3,(H,24,26,27). The zero-order valence-corrected chi connectivity index (χ0v) is 14.3. The molecule has 0 aliphatic heterocycles. The highest BCUT2D eigenvalue weighted by Gasteiger charge is 2.34. The Hall–Kier alpha value is -3.56. The average molecular weight is 392 g/mol. The molecule has 0 radical (unpaired) electrons. The number of aryl methyl sites for hydroxylation is 1. The number of nitrogens with one attached hydrogen (secondary N) is 1. The van der Waals surface area contributed by atoms with Crippen molar-refractivity contribution in [2.24, 2.45) is 0 Å². The fraction of sp³-hybridized carbons (Fsp3) is 0.111. The summed E-state index contributed by atoms with van der Waals surface area (Å²) in [5.41, 5.74) is -0.850. The van der Waals surface area contributed by atoms with E-state index in [0.717, 1.165) is 18.3 Å². The summed E-state index contributed by atoms with van der Waals surface area (Å²) in [6.07, 6.45) is -1.37. The lowest BCUT2D eigenvalue weighted by molar-refractivity contribution is -0.141. The number of nitrogens with zero attached hydrogens (tertiary/aromatic N) is 3. The second-order valence-electron chi connectivity index (χ2n) is 5.66. The SMILES string of the molecule is Cc1cc(F)ccc1Oc1cc(C(F)(F)F)ncc1C(=O)Nc1ccnnc1. The summed E-state index contributed by atoms with van der Waals surface area (Å²) in [4.78, 5) is 15.8. The van der Waals surface area contributed by atoms with Crippen LogP contribution in [0.25, 0.3) is 0 Å². The molecule has 0 saturated carbocycles. The molecule has 1 N–H and O–H groups in total. The smallest absolute Gasteiger partial charge is 0.433 e. The first-order valence-electron chi connectivity index (χ1n) is 7.83. The van der Waals surface area contributed by atoms with Crippen molar-refractivity contribution in [3.8, 4) is 11.5 Å². The Morgan fingerprint density at radius 3 is 2.50 bits per heavy atom. The molecule has 2 heterocycles. The van der Waals surface area contributed by atoms with Crippen LogP contribution in [-0.2, 0) is 6.18 Å². The highest BCUT2D eigenvalue weighted by atomic mass is 19.4. The molecular weight excluding hydrogens is 380 g/mol. The van der Waals surface area contributed by atoms with Gasteiger partial charge >= 0.3 is 6.18 Å². The van der Waals surface area contributed by atoms with Crippen molar-refractivity contribution in [2.75, 3.05) is 5.32 Å². The molecule has 28 heavy (non-hydrogen) atoms. The molecule has 0 aliphatic rings. The first-order valence-corrected chi connectivity index (χ1v) is 7.83. The van der Waals surface area contributed by atoms with Crippen LogP contribution < -0.4 is 10.1 Å². The van der Waals surface area contributed by atoms with E-state index in [1.807, 2.05) is 0 Å². The third-order valence-electron chi connectivity index (χ3n) is 3.60. The van der Waals surface area contributed by atoms with Crippen molar-refractivity contribution in [1.29, 1.82) is 0 Å². The molecule has 0 saturated heterocycles. The van der Waals surface area contributed by atoms with Gasteiger partial charge in [-0.1, -0.05) is 0 Å². The number of carbonyl (C=O) groups excluding carboxylic acids is 1. The lowest BCUT2D eigenvalue weighted by Gasteiger charge is -2.15. The summed E-state index contributed by atoms with van der Waals surface area (Å²) < 4.78 is 57.9. The number of hydrogen-bond donors (Lipinski definition) is 1. The minimum atomic E-state index is -4.74. The Balaban J connectivity index is 2.00. The van der Waals surface area contributed by atoms with E-state index in [-0.39, 0.29) is 22.7 Å². The minimum Gasteiger partial charge on any atom is -0.456 e. The van der Waals surface area contributed by atoms with E-state index in [9.17, 15) is 22.4 Å². The Bertz CT molecular complexity index is 1010. The van der Waals surface area contributed by atoms with E-state index in [4.69, 9.17) is 4.74 Å². The number of pyridine rings is 1. The summed E-state index contributed by atoms with van der Waals surface area (Å²) in [6.45, 7) is 1.52. The van der Waals surface area contributed by atoms with Gasteiger partial charge in [-0.25, -0.2) is 4.39 Å². The molecule has 2 aromatic heterocycles. The van der Waals surface area contributed by atoms with Crippen LogP contribution >= 0.6 is 0 Å². The monoisotopic (exact) mass is 392 g/mol. The van der Waals surface area contributed by atoms with Gasteiger partial charge in [-0.3, -0.25) is 9.78 Å². The zero-order valence-electron chi connectivity index (χ0n) is 14.3. The molecule has 0 atom stereocenters. The molecule has 144 valence electrons. The van der Waals surface area contributed by atoms with Crippen LogP contribution in [0, 0.1) is 12.7 Å². The number of anilines is 1. The summed E-state index contributed by atoms with van der Waals surface area (Å²) in [7, 11) is 0. The highest BCUT2D eigenvalue weighted by molar-refractivity contribution is 6.06. The number of alkyl halides is 3.